The van der Waals surface area contributed by atoms with E-state index in [0.29, 0.717) is 54.1 Å². The molecule has 0 heterocycles. The SMILES string of the molecule is CC(=O)O[C@H](CN(C)Cc1ccc(Cl)cc1)[C@@]12CC[C@@H]3[C@H](CC[C@@H]4[C@H]5C(C)C[C@H](OC(=O)CC(C)(C)C(=O)O)C(C)(C)[C@@H]5CC[C@]43C)C1=C(C(C)(C)C)C(=O)C2. The number of Topliss-reactive ketones (excluding diaryl/α,β-unsaturated/α-hetero) is 1. The first kappa shape index (κ1) is 42.9. The Morgan fingerprint density at radius 2 is 1.61 bits per heavy atom. The number of ether oxygens (including phenoxy) is 2. The van der Waals surface area contributed by atoms with Crippen LogP contribution in [0.5, 0.6) is 0 Å². The topological polar surface area (TPSA) is 110 Å². The number of carbonyl (C=O) groups excluding carboxylic acids is 3. The third-order valence-corrected chi connectivity index (χ3v) is 16.0. The summed E-state index contributed by atoms with van der Waals surface area (Å²) in [6.07, 6.45) is 6.37. The van der Waals surface area contributed by atoms with E-state index in [9.17, 15) is 24.3 Å². The molecule has 0 radical (unpaired) electrons. The van der Waals surface area contributed by atoms with Gasteiger partial charge in [0.05, 0.1) is 11.8 Å². The molecule has 1 N–H and O–H groups in total. The van der Waals surface area contributed by atoms with Crippen molar-refractivity contribution < 1.29 is 33.8 Å². The molecule has 0 saturated heterocycles. The first-order valence-corrected chi connectivity index (χ1v) is 21.6. The lowest BCUT2D eigenvalue weighted by molar-refractivity contribution is -0.198. The fourth-order valence-corrected chi connectivity index (χ4v) is 13.2. The molecule has 0 aromatic heterocycles. The second kappa shape index (κ2) is 15.1. The van der Waals surface area contributed by atoms with Gasteiger partial charge in [-0.2, -0.15) is 0 Å². The highest BCUT2D eigenvalue weighted by Crippen LogP contribution is 2.71. The van der Waals surface area contributed by atoms with Gasteiger partial charge in [-0.15, -0.1) is 0 Å². The molecule has 1 aromatic rings. The van der Waals surface area contributed by atoms with Gasteiger partial charge in [-0.05, 0) is 135 Å². The van der Waals surface area contributed by atoms with Crippen molar-refractivity contribution in [3.05, 3.63) is 46.0 Å². The van der Waals surface area contributed by atoms with Crippen LogP contribution in [0.2, 0.25) is 5.02 Å². The number of fused-ring (bicyclic) bond motifs is 7. The zero-order valence-electron chi connectivity index (χ0n) is 35.9. The van der Waals surface area contributed by atoms with Crippen LogP contribution in [0.15, 0.2) is 35.4 Å². The molecule has 1 aromatic carbocycles. The molecule has 0 bridgehead atoms. The third-order valence-electron chi connectivity index (χ3n) is 15.7. The highest BCUT2D eigenvalue weighted by Gasteiger charge is 2.66. The minimum Gasteiger partial charge on any atom is -0.481 e. The summed E-state index contributed by atoms with van der Waals surface area (Å²) >= 11 is 6.19. The number of hydrogen-bond donors (Lipinski definition) is 1. The molecule has 10 atom stereocenters. The van der Waals surface area contributed by atoms with Crippen LogP contribution in [-0.2, 0) is 35.2 Å². The van der Waals surface area contributed by atoms with Gasteiger partial charge in [0.15, 0.2) is 5.78 Å². The normalized spacial score (nSPS) is 34.5. The summed E-state index contributed by atoms with van der Waals surface area (Å²) in [4.78, 5) is 54.5. The number of carbonyl (C=O) groups is 4. The number of carboxylic acids is 1. The lowest BCUT2D eigenvalue weighted by atomic mass is 9.39. The van der Waals surface area contributed by atoms with Crippen LogP contribution in [0.1, 0.15) is 133 Å². The van der Waals surface area contributed by atoms with E-state index >= 15 is 0 Å². The van der Waals surface area contributed by atoms with Crippen molar-refractivity contribution >= 4 is 35.3 Å². The molecular formula is C47H68ClNO7. The summed E-state index contributed by atoms with van der Waals surface area (Å²) in [7, 11) is 2.07. The summed E-state index contributed by atoms with van der Waals surface area (Å²) in [5.41, 5.74) is 1.19. The second-order valence-electron chi connectivity index (χ2n) is 21.3. The number of benzene rings is 1. The van der Waals surface area contributed by atoms with Gasteiger partial charge >= 0.3 is 17.9 Å². The number of allylic oxidation sites excluding steroid dienone is 1. The molecular weight excluding hydrogens is 726 g/mol. The average Bonchev–Trinajstić information content (AvgIpc) is 3.40. The lowest BCUT2D eigenvalue weighted by Crippen LogP contribution is -2.61. The predicted octanol–water partition coefficient (Wildman–Crippen LogP) is 9.95. The van der Waals surface area contributed by atoms with Gasteiger partial charge in [0.2, 0.25) is 0 Å². The number of ketones is 1. The molecule has 6 rings (SSSR count). The van der Waals surface area contributed by atoms with E-state index < -0.39 is 28.9 Å². The Balaban J connectivity index is 1.30. The van der Waals surface area contributed by atoms with E-state index in [4.69, 9.17) is 21.1 Å². The van der Waals surface area contributed by atoms with Gasteiger partial charge in [-0.1, -0.05) is 72.2 Å². The number of carboxylic acid groups (broad SMARTS) is 1. The Morgan fingerprint density at radius 3 is 2.21 bits per heavy atom. The molecule has 0 spiro atoms. The van der Waals surface area contributed by atoms with Gasteiger partial charge in [0, 0.05) is 47.9 Å². The first-order valence-electron chi connectivity index (χ1n) is 21.2. The van der Waals surface area contributed by atoms with Crippen LogP contribution >= 0.6 is 11.6 Å². The Hall–Kier alpha value is -2.71. The molecule has 4 fully saturated rings. The van der Waals surface area contributed by atoms with E-state index in [1.807, 2.05) is 24.3 Å². The van der Waals surface area contributed by atoms with E-state index in [1.165, 1.54) is 12.5 Å². The maximum Gasteiger partial charge on any atom is 0.309 e. The highest BCUT2D eigenvalue weighted by molar-refractivity contribution is 6.30. The maximum absolute atomic E-state index is 14.5. The van der Waals surface area contributed by atoms with E-state index in [2.05, 4.69) is 60.4 Å². The summed E-state index contributed by atoms with van der Waals surface area (Å²) in [6.45, 7) is 21.8. The molecule has 5 aliphatic carbocycles. The highest BCUT2D eigenvalue weighted by atomic mass is 35.5. The van der Waals surface area contributed by atoms with Crippen molar-refractivity contribution in [1.29, 1.82) is 0 Å². The summed E-state index contributed by atoms with van der Waals surface area (Å²) in [6, 6.07) is 7.86. The van der Waals surface area contributed by atoms with Gasteiger partial charge in [-0.3, -0.25) is 24.1 Å². The smallest absolute Gasteiger partial charge is 0.309 e. The Bertz CT molecular complexity index is 1740. The molecule has 9 heteroatoms. The van der Waals surface area contributed by atoms with Crippen LogP contribution in [0.4, 0.5) is 0 Å². The first-order chi connectivity index (χ1) is 25.9. The largest absolute Gasteiger partial charge is 0.481 e. The van der Waals surface area contributed by atoms with Gasteiger partial charge in [-0.25, -0.2) is 0 Å². The zero-order valence-corrected chi connectivity index (χ0v) is 36.7. The van der Waals surface area contributed by atoms with Gasteiger partial charge in [0.1, 0.15) is 12.2 Å². The molecule has 8 nitrogen and oxygen atoms in total. The monoisotopic (exact) mass is 793 g/mol. The van der Waals surface area contributed by atoms with Crippen molar-refractivity contribution in [2.45, 2.75) is 146 Å². The van der Waals surface area contributed by atoms with Crippen LogP contribution in [0.3, 0.4) is 0 Å². The fraction of sp³-hybridized carbons (Fsp3) is 0.745. The molecule has 5 aliphatic rings. The molecule has 310 valence electrons. The van der Waals surface area contributed by atoms with Crippen LogP contribution < -0.4 is 0 Å². The number of rotatable bonds is 10. The molecule has 4 saturated carbocycles. The number of nitrogens with zero attached hydrogens (tertiary/aromatic N) is 1. The molecule has 56 heavy (non-hydrogen) atoms. The number of hydrogen-bond acceptors (Lipinski definition) is 7. The minimum atomic E-state index is -1.18. The van der Waals surface area contributed by atoms with E-state index in [-0.39, 0.29) is 46.4 Å². The van der Waals surface area contributed by atoms with Crippen LogP contribution in [0.25, 0.3) is 0 Å². The Morgan fingerprint density at radius 1 is 0.964 bits per heavy atom. The maximum atomic E-state index is 14.5. The number of aliphatic carboxylic acids is 1. The summed E-state index contributed by atoms with van der Waals surface area (Å²) in [5.74, 6) is 0.892. The van der Waals surface area contributed by atoms with Crippen molar-refractivity contribution in [1.82, 2.24) is 4.90 Å². The van der Waals surface area contributed by atoms with Crippen molar-refractivity contribution in [2.75, 3.05) is 13.6 Å². The van der Waals surface area contributed by atoms with Crippen molar-refractivity contribution in [3.63, 3.8) is 0 Å². The Labute approximate surface area is 340 Å². The number of esters is 2. The van der Waals surface area contributed by atoms with Crippen molar-refractivity contribution in [3.8, 4) is 0 Å². The summed E-state index contributed by atoms with van der Waals surface area (Å²) < 4.78 is 12.6. The fourth-order valence-electron chi connectivity index (χ4n) is 13.1. The Kier molecular flexibility index (Phi) is 11.6. The number of halogens is 1. The second-order valence-corrected chi connectivity index (χ2v) is 21.7. The summed E-state index contributed by atoms with van der Waals surface area (Å²) in [5, 5.41) is 10.3. The minimum absolute atomic E-state index is 0.0829. The third kappa shape index (κ3) is 7.64. The van der Waals surface area contributed by atoms with Crippen molar-refractivity contribution in [2.24, 2.45) is 62.6 Å². The quantitative estimate of drug-likeness (QED) is 0.233. The molecule has 1 unspecified atom stereocenters. The lowest BCUT2D eigenvalue weighted by Gasteiger charge is -2.66. The van der Waals surface area contributed by atoms with Gasteiger partial charge in [0.25, 0.3) is 0 Å². The van der Waals surface area contributed by atoms with E-state index in [0.717, 1.165) is 56.1 Å². The zero-order chi connectivity index (χ0) is 41.3. The number of likely N-dealkylation sites (N-methyl/N-ethyl adjacent to an activating group) is 1. The van der Waals surface area contributed by atoms with Gasteiger partial charge < -0.3 is 14.6 Å². The molecule has 0 amide bonds. The molecule has 0 aliphatic heterocycles. The standard InChI is InChI=1S/C47H68ClNO7/c1-27-22-36(56-38(52)24-44(6,7)42(53)54)45(8,9)33-18-20-46(10)32-19-21-47(37(55-28(2)50)26-49(11)25-29-12-14-30(48)15-13-29)23-35(51)41(43(3,4)5)40(47)31(32)16-17-34(46)39(27)33/h12-15,27,31-34,36-37,39H,16-26H2,1-11H3,(H,53,54)/t27?,31-,32+,33+,34+,36-,37+,39-,46-,47-/m0/s1. The van der Waals surface area contributed by atoms with E-state index in [1.54, 1.807) is 13.8 Å². The average molecular weight is 795 g/mol. The van der Waals surface area contributed by atoms with Crippen LogP contribution in [0, 0.1) is 62.6 Å². The predicted molar refractivity (Wildman–Crippen MR) is 219 cm³/mol. The van der Waals surface area contributed by atoms with Crippen LogP contribution in [-0.4, -0.2) is 59.5 Å².